The molecule has 0 atom stereocenters. The molecule has 0 unspecified atom stereocenters. The van der Waals surface area contributed by atoms with Crippen molar-refractivity contribution in [3.05, 3.63) is 41.6 Å². The van der Waals surface area contributed by atoms with Gasteiger partial charge in [0.2, 0.25) is 0 Å². The normalized spacial score (nSPS) is 10.5. The number of rotatable bonds is 4. The smallest absolute Gasteiger partial charge is 0.145 e. The predicted molar refractivity (Wildman–Crippen MR) is 67.8 cm³/mol. The highest BCUT2D eigenvalue weighted by molar-refractivity contribution is 5.30. The molecule has 0 aliphatic carbocycles. The largest absolute Gasteiger partial charge is 0.487 e. The summed E-state index contributed by atoms with van der Waals surface area (Å²) in [6.07, 6.45) is 0. The Morgan fingerprint density at radius 3 is 2.88 bits per heavy atom. The second kappa shape index (κ2) is 4.91. The molecule has 17 heavy (non-hydrogen) atoms. The van der Waals surface area contributed by atoms with Gasteiger partial charge in [-0.15, -0.1) is 0 Å². The Morgan fingerprint density at radius 1 is 1.35 bits per heavy atom. The van der Waals surface area contributed by atoms with Gasteiger partial charge in [0.25, 0.3) is 0 Å². The van der Waals surface area contributed by atoms with Gasteiger partial charge in [-0.1, -0.05) is 12.1 Å². The molecule has 1 aromatic carbocycles. The first-order valence-electron chi connectivity index (χ1n) is 5.70. The summed E-state index contributed by atoms with van der Waals surface area (Å²) in [6, 6.07) is 9.83. The molecule has 0 radical (unpaired) electrons. The molecule has 0 saturated heterocycles. The summed E-state index contributed by atoms with van der Waals surface area (Å²) >= 11 is 0. The number of nitrogen functional groups attached to an aromatic ring is 1. The van der Waals surface area contributed by atoms with Crippen LogP contribution in [0.5, 0.6) is 5.75 Å². The minimum Gasteiger partial charge on any atom is -0.487 e. The molecule has 1 aromatic heterocycles. The van der Waals surface area contributed by atoms with Gasteiger partial charge < -0.3 is 10.5 Å². The minimum absolute atomic E-state index is 0.488. The number of hydrogen-bond donors (Lipinski definition) is 1. The van der Waals surface area contributed by atoms with Gasteiger partial charge in [0.05, 0.1) is 5.69 Å². The molecule has 0 amide bonds. The van der Waals surface area contributed by atoms with Crippen LogP contribution in [-0.4, -0.2) is 9.78 Å². The molecular formula is C13H17N3O. The van der Waals surface area contributed by atoms with Gasteiger partial charge in [-0.05, 0) is 31.5 Å². The van der Waals surface area contributed by atoms with Gasteiger partial charge in [0, 0.05) is 12.6 Å². The fourth-order valence-electron chi connectivity index (χ4n) is 1.73. The lowest BCUT2D eigenvalue weighted by Crippen LogP contribution is -2.06. The second-order valence-electron chi connectivity index (χ2n) is 3.98. The van der Waals surface area contributed by atoms with Gasteiger partial charge in [-0.3, -0.25) is 4.68 Å². The topological polar surface area (TPSA) is 53.1 Å². The molecule has 4 nitrogen and oxygen atoms in total. The standard InChI is InChI=1S/C13H17N3O/c1-3-16-11(8-13(14)15-16)9-17-12-6-4-5-10(2)7-12/h4-8H,3,9H2,1-2H3,(H2,14,15). The van der Waals surface area contributed by atoms with E-state index in [1.165, 1.54) is 5.56 Å². The number of hydrogen-bond acceptors (Lipinski definition) is 3. The molecule has 2 rings (SSSR count). The fourth-order valence-corrected chi connectivity index (χ4v) is 1.73. The lowest BCUT2D eigenvalue weighted by atomic mass is 10.2. The molecule has 0 fully saturated rings. The maximum Gasteiger partial charge on any atom is 0.145 e. The third-order valence-corrected chi connectivity index (χ3v) is 2.56. The molecular weight excluding hydrogens is 214 g/mol. The summed E-state index contributed by atoms with van der Waals surface area (Å²) in [7, 11) is 0. The van der Waals surface area contributed by atoms with E-state index in [-0.39, 0.29) is 0 Å². The molecule has 0 spiro atoms. The summed E-state index contributed by atoms with van der Waals surface area (Å²) in [5.41, 5.74) is 7.84. The van der Waals surface area contributed by atoms with Crippen LogP contribution in [0.1, 0.15) is 18.2 Å². The third kappa shape index (κ3) is 2.78. The Morgan fingerprint density at radius 2 is 2.18 bits per heavy atom. The zero-order valence-corrected chi connectivity index (χ0v) is 10.2. The molecule has 90 valence electrons. The van der Waals surface area contributed by atoms with Crippen LogP contribution in [0, 0.1) is 6.92 Å². The summed E-state index contributed by atoms with van der Waals surface area (Å²) in [5, 5.41) is 4.17. The fraction of sp³-hybridized carbons (Fsp3) is 0.308. The lowest BCUT2D eigenvalue weighted by Gasteiger charge is -2.07. The number of nitrogens with zero attached hydrogens (tertiary/aromatic N) is 2. The zero-order chi connectivity index (χ0) is 12.3. The predicted octanol–water partition coefficient (Wildman–Crippen LogP) is 2.37. The van der Waals surface area contributed by atoms with Crippen molar-refractivity contribution < 1.29 is 4.74 Å². The van der Waals surface area contributed by atoms with E-state index in [0.717, 1.165) is 18.0 Å². The quantitative estimate of drug-likeness (QED) is 0.878. The van der Waals surface area contributed by atoms with Crippen LogP contribution in [0.25, 0.3) is 0 Å². The maximum absolute atomic E-state index is 5.71. The molecule has 0 bridgehead atoms. The molecule has 1 heterocycles. The van der Waals surface area contributed by atoms with Crippen LogP contribution < -0.4 is 10.5 Å². The first kappa shape index (κ1) is 11.5. The van der Waals surface area contributed by atoms with E-state index in [0.29, 0.717) is 12.4 Å². The molecule has 2 N–H and O–H groups in total. The highest BCUT2D eigenvalue weighted by atomic mass is 16.5. The van der Waals surface area contributed by atoms with Crippen LogP contribution >= 0.6 is 0 Å². The van der Waals surface area contributed by atoms with Crippen LogP contribution in [0.15, 0.2) is 30.3 Å². The Labute approximate surface area is 101 Å². The number of aryl methyl sites for hydroxylation is 2. The number of ether oxygens (including phenoxy) is 1. The van der Waals surface area contributed by atoms with Gasteiger partial charge in [0.1, 0.15) is 18.2 Å². The van der Waals surface area contributed by atoms with Gasteiger partial charge >= 0.3 is 0 Å². The Hall–Kier alpha value is -1.97. The van der Waals surface area contributed by atoms with Gasteiger partial charge in [-0.25, -0.2) is 0 Å². The van der Waals surface area contributed by atoms with Crippen molar-refractivity contribution in [1.82, 2.24) is 9.78 Å². The number of benzene rings is 1. The number of nitrogens with two attached hydrogens (primary N) is 1. The van der Waals surface area contributed by atoms with Crippen LogP contribution in [-0.2, 0) is 13.2 Å². The van der Waals surface area contributed by atoms with E-state index < -0.39 is 0 Å². The molecule has 0 aliphatic heterocycles. The lowest BCUT2D eigenvalue weighted by molar-refractivity contribution is 0.292. The van der Waals surface area contributed by atoms with E-state index in [4.69, 9.17) is 10.5 Å². The first-order valence-corrected chi connectivity index (χ1v) is 5.70. The van der Waals surface area contributed by atoms with E-state index in [2.05, 4.69) is 5.10 Å². The highest BCUT2D eigenvalue weighted by Gasteiger charge is 2.05. The van der Waals surface area contributed by atoms with Crippen molar-refractivity contribution in [2.45, 2.75) is 27.0 Å². The zero-order valence-electron chi connectivity index (χ0n) is 10.2. The monoisotopic (exact) mass is 231 g/mol. The number of anilines is 1. The van der Waals surface area contributed by atoms with Crippen LogP contribution in [0.3, 0.4) is 0 Å². The van der Waals surface area contributed by atoms with Crippen molar-refractivity contribution in [3.8, 4) is 5.75 Å². The molecule has 4 heteroatoms. The summed E-state index contributed by atoms with van der Waals surface area (Å²) in [4.78, 5) is 0. The number of aromatic nitrogens is 2. The highest BCUT2D eigenvalue weighted by Crippen LogP contribution is 2.15. The van der Waals surface area contributed by atoms with E-state index >= 15 is 0 Å². The van der Waals surface area contributed by atoms with E-state index in [1.807, 2.05) is 48.9 Å². The van der Waals surface area contributed by atoms with Crippen LogP contribution in [0.4, 0.5) is 5.82 Å². The van der Waals surface area contributed by atoms with E-state index in [9.17, 15) is 0 Å². The summed E-state index contributed by atoms with van der Waals surface area (Å²) in [5.74, 6) is 1.40. The average molecular weight is 231 g/mol. The average Bonchev–Trinajstić information content (AvgIpc) is 2.67. The third-order valence-electron chi connectivity index (χ3n) is 2.56. The Kier molecular flexibility index (Phi) is 3.32. The maximum atomic E-state index is 5.71. The Balaban J connectivity index is 2.06. The van der Waals surface area contributed by atoms with Crippen molar-refractivity contribution in [2.75, 3.05) is 5.73 Å². The van der Waals surface area contributed by atoms with Gasteiger partial charge in [0.15, 0.2) is 0 Å². The van der Waals surface area contributed by atoms with Crippen molar-refractivity contribution in [1.29, 1.82) is 0 Å². The SMILES string of the molecule is CCn1nc(N)cc1COc1cccc(C)c1. The molecule has 2 aromatic rings. The van der Waals surface area contributed by atoms with Crippen molar-refractivity contribution in [2.24, 2.45) is 0 Å². The first-order chi connectivity index (χ1) is 8.19. The van der Waals surface area contributed by atoms with Gasteiger partial charge in [-0.2, -0.15) is 5.10 Å². The minimum atomic E-state index is 0.488. The summed E-state index contributed by atoms with van der Waals surface area (Å²) < 4.78 is 7.56. The molecule has 0 aliphatic rings. The second-order valence-corrected chi connectivity index (χ2v) is 3.98. The van der Waals surface area contributed by atoms with Crippen molar-refractivity contribution in [3.63, 3.8) is 0 Å². The van der Waals surface area contributed by atoms with Crippen molar-refractivity contribution >= 4 is 5.82 Å². The van der Waals surface area contributed by atoms with Crippen LogP contribution in [0.2, 0.25) is 0 Å². The summed E-state index contributed by atoms with van der Waals surface area (Å²) in [6.45, 7) is 5.36. The Bertz CT molecular complexity index is 505. The van der Waals surface area contributed by atoms with E-state index in [1.54, 1.807) is 0 Å². The molecule has 0 saturated carbocycles.